The molecule has 0 saturated heterocycles. The Morgan fingerprint density at radius 1 is 1.05 bits per heavy atom. The van der Waals surface area contributed by atoms with Crippen LogP contribution < -0.4 is 5.32 Å². The molecule has 2 N–H and O–H groups in total. The first kappa shape index (κ1) is 12.7. The third kappa shape index (κ3) is 2.25. The van der Waals surface area contributed by atoms with Gasteiger partial charge in [-0.3, -0.25) is 4.79 Å². The monoisotopic (exact) mass is 271 g/mol. The molecule has 1 fully saturated rings. The summed E-state index contributed by atoms with van der Waals surface area (Å²) in [5.74, 6) is -0.235. The van der Waals surface area contributed by atoms with Crippen LogP contribution in [0.15, 0.2) is 48.5 Å². The zero-order valence-electron chi connectivity index (χ0n) is 10.8. The van der Waals surface area contributed by atoms with Gasteiger partial charge in [0.1, 0.15) is 11.6 Å². The number of hydrogen-bond donors (Lipinski definition) is 2. The summed E-state index contributed by atoms with van der Waals surface area (Å²) in [5.41, 5.74) is 0.947. The molecule has 0 aromatic heterocycles. The summed E-state index contributed by atoms with van der Waals surface area (Å²) in [6, 6.07) is 12.4. The minimum absolute atomic E-state index is 0.0882. The van der Waals surface area contributed by atoms with Crippen molar-refractivity contribution in [2.75, 3.05) is 5.32 Å². The largest absolute Gasteiger partial charge is 0.508 e. The predicted octanol–water partition coefficient (Wildman–Crippen LogP) is 3.20. The van der Waals surface area contributed by atoms with Gasteiger partial charge in [-0.05, 0) is 54.8 Å². The Hall–Kier alpha value is -2.36. The third-order valence-corrected chi connectivity index (χ3v) is 3.71. The number of nitrogens with one attached hydrogen (secondary N) is 1. The van der Waals surface area contributed by atoms with E-state index in [1.165, 1.54) is 24.3 Å². The van der Waals surface area contributed by atoms with Crippen molar-refractivity contribution in [3.05, 3.63) is 59.9 Å². The van der Waals surface area contributed by atoms with Crippen molar-refractivity contribution in [2.45, 2.75) is 18.3 Å². The molecule has 3 nitrogen and oxygen atoms in total. The van der Waals surface area contributed by atoms with Crippen molar-refractivity contribution in [3.63, 3.8) is 0 Å². The number of amides is 1. The van der Waals surface area contributed by atoms with Gasteiger partial charge in [-0.1, -0.05) is 12.1 Å². The van der Waals surface area contributed by atoms with Gasteiger partial charge in [0.2, 0.25) is 5.91 Å². The molecule has 102 valence electrons. The van der Waals surface area contributed by atoms with Crippen molar-refractivity contribution < 1.29 is 14.3 Å². The van der Waals surface area contributed by atoms with Crippen LogP contribution >= 0.6 is 0 Å². The molecule has 1 saturated carbocycles. The van der Waals surface area contributed by atoms with E-state index in [1.807, 2.05) is 0 Å². The first-order valence-electron chi connectivity index (χ1n) is 6.47. The number of halogens is 1. The van der Waals surface area contributed by atoms with Crippen LogP contribution in [0.5, 0.6) is 5.75 Å². The zero-order chi connectivity index (χ0) is 14.2. The highest BCUT2D eigenvalue weighted by Crippen LogP contribution is 2.49. The van der Waals surface area contributed by atoms with Gasteiger partial charge >= 0.3 is 0 Å². The van der Waals surface area contributed by atoms with Crippen LogP contribution in [0.3, 0.4) is 0 Å². The fourth-order valence-corrected chi connectivity index (χ4v) is 2.34. The number of aromatic hydroxyl groups is 1. The lowest BCUT2D eigenvalue weighted by molar-refractivity contribution is -0.118. The van der Waals surface area contributed by atoms with E-state index in [1.54, 1.807) is 24.3 Å². The number of phenols is 1. The van der Waals surface area contributed by atoms with Crippen LogP contribution in [-0.2, 0) is 10.2 Å². The van der Waals surface area contributed by atoms with Gasteiger partial charge < -0.3 is 10.4 Å². The van der Waals surface area contributed by atoms with Crippen LogP contribution in [0.4, 0.5) is 10.1 Å². The molecule has 1 aliphatic rings. The van der Waals surface area contributed by atoms with Crippen LogP contribution in [0.25, 0.3) is 0 Å². The molecule has 0 heterocycles. The lowest BCUT2D eigenvalue weighted by Gasteiger charge is -2.15. The number of hydrogen-bond acceptors (Lipinski definition) is 2. The number of carbonyl (C=O) groups excluding carboxylic acids is 1. The van der Waals surface area contributed by atoms with E-state index in [0.29, 0.717) is 5.69 Å². The van der Waals surface area contributed by atoms with Gasteiger partial charge in [-0.15, -0.1) is 0 Å². The van der Waals surface area contributed by atoms with Crippen LogP contribution in [0.1, 0.15) is 18.4 Å². The van der Waals surface area contributed by atoms with Crippen molar-refractivity contribution in [1.29, 1.82) is 0 Å². The molecule has 0 atom stereocenters. The highest BCUT2D eigenvalue weighted by atomic mass is 19.1. The Morgan fingerprint density at radius 3 is 2.20 bits per heavy atom. The van der Waals surface area contributed by atoms with Crippen molar-refractivity contribution in [2.24, 2.45) is 0 Å². The predicted molar refractivity (Wildman–Crippen MR) is 74.0 cm³/mol. The molecule has 3 rings (SSSR count). The van der Waals surface area contributed by atoms with E-state index in [2.05, 4.69) is 5.32 Å². The van der Waals surface area contributed by atoms with Crippen LogP contribution in [-0.4, -0.2) is 11.0 Å². The highest BCUT2D eigenvalue weighted by molar-refractivity contribution is 6.01. The summed E-state index contributed by atoms with van der Waals surface area (Å²) >= 11 is 0. The molecule has 2 aromatic rings. The summed E-state index contributed by atoms with van der Waals surface area (Å²) in [6.07, 6.45) is 1.53. The molecule has 2 aromatic carbocycles. The molecule has 1 aliphatic carbocycles. The maximum atomic E-state index is 13.0. The van der Waals surface area contributed by atoms with Crippen molar-refractivity contribution in [3.8, 4) is 5.75 Å². The van der Waals surface area contributed by atoms with Gasteiger partial charge in [0.25, 0.3) is 0 Å². The first-order valence-corrected chi connectivity index (χ1v) is 6.47. The van der Waals surface area contributed by atoms with Gasteiger partial charge in [0.05, 0.1) is 5.41 Å². The summed E-state index contributed by atoms with van der Waals surface area (Å²) in [4.78, 5) is 12.4. The van der Waals surface area contributed by atoms with Gasteiger partial charge in [0, 0.05) is 5.69 Å². The number of rotatable bonds is 3. The second-order valence-electron chi connectivity index (χ2n) is 5.09. The van der Waals surface area contributed by atoms with Crippen LogP contribution in [0.2, 0.25) is 0 Å². The maximum Gasteiger partial charge on any atom is 0.235 e. The molecule has 0 spiro atoms. The van der Waals surface area contributed by atoms with Gasteiger partial charge in [0.15, 0.2) is 0 Å². The molecule has 0 radical (unpaired) electrons. The van der Waals surface area contributed by atoms with Crippen molar-refractivity contribution >= 4 is 11.6 Å². The Bertz CT molecular complexity index is 631. The zero-order valence-corrected chi connectivity index (χ0v) is 10.8. The number of anilines is 1. The smallest absolute Gasteiger partial charge is 0.235 e. The van der Waals surface area contributed by atoms with Crippen molar-refractivity contribution in [1.82, 2.24) is 0 Å². The third-order valence-electron chi connectivity index (χ3n) is 3.71. The fourth-order valence-electron chi connectivity index (χ4n) is 2.34. The van der Waals surface area contributed by atoms with E-state index >= 15 is 0 Å². The second-order valence-corrected chi connectivity index (χ2v) is 5.09. The minimum Gasteiger partial charge on any atom is -0.508 e. The normalized spacial score (nSPS) is 15.7. The second kappa shape index (κ2) is 4.63. The quantitative estimate of drug-likeness (QED) is 0.842. The van der Waals surface area contributed by atoms with E-state index < -0.39 is 5.41 Å². The highest BCUT2D eigenvalue weighted by Gasteiger charge is 2.51. The standard InChI is InChI=1S/C16H14FNO2/c17-12-3-1-11(2-4-12)16(9-10-16)15(20)18-13-5-7-14(19)8-6-13/h1-8,19H,9-10H2,(H,18,20). The number of carbonyl (C=O) groups is 1. The fraction of sp³-hybridized carbons (Fsp3) is 0.188. The van der Waals surface area contributed by atoms with E-state index in [4.69, 9.17) is 0 Å². The molecule has 0 unspecified atom stereocenters. The molecule has 4 heteroatoms. The summed E-state index contributed by atoms with van der Waals surface area (Å²) in [6.45, 7) is 0. The number of phenolic OH excluding ortho intramolecular Hbond substituents is 1. The summed E-state index contributed by atoms with van der Waals surface area (Å²) in [5, 5.41) is 12.1. The average molecular weight is 271 g/mol. The molecular weight excluding hydrogens is 257 g/mol. The van der Waals surface area contributed by atoms with Crippen LogP contribution in [0, 0.1) is 5.82 Å². The van der Waals surface area contributed by atoms with E-state index in [0.717, 1.165) is 18.4 Å². The molecule has 0 bridgehead atoms. The summed E-state index contributed by atoms with van der Waals surface area (Å²) in [7, 11) is 0. The Labute approximate surface area is 116 Å². The minimum atomic E-state index is -0.536. The van der Waals surface area contributed by atoms with Gasteiger partial charge in [-0.2, -0.15) is 0 Å². The Kier molecular flexibility index (Phi) is 2.93. The molecule has 1 amide bonds. The topological polar surface area (TPSA) is 49.3 Å². The lowest BCUT2D eigenvalue weighted by atomic mass is 9.95. The van der Waals surface area contributed by atoms with Gasteiger partial charge in [-0.25, -0.2) is 4.39 Å². The maximum absolute atomic E-state index is 13.0. The Balaban J connectivity index is 1.79. The first-order chi connectivity index (χ1) is 9.60. The molecule has 20 heavy (non-hydrogen) atoms. The number of benzene rings is 2. The Morgan fingerprint density at radius 2 is 1.65 bits per heavy atom. The average Bonchev–Trinajstić information content (AvgIpc) is 3.24. The van der Waals surface area contributed by atoms with E-state index in [-0.39, 0.29) is 17.5 Å². The SMILES string of the molecule is O=C(Nc1ccc(O)cc1)C1(c2ccc(F)cc2)CC1. The molecule has 0 aliphatic heterocycles. The molecular formula is C16H14FNO2. The van der Waals surface area contributed by atoms with E-state index in [9.17, 15) is 14.3 Å². The summed E-state index contributed by atoms with van der Waals surface area (Å²) < 4.78 is 13.0. The lowest BCUT2D eigenvalue weighted by Crippen LogP contribution is -2.27.